The highest BCUT2D eigenvalue weighted by atomic mass is 16.5. The molecule has 0 spiro atoms. The van der Waals surface area contributed by atoms with E-state index in [1.54, 1.807) is 19.2 Å². The van der Waals surface area contributed by atoms with E-state index in [2.05, 4.69) is 5.10 Å². The number of methoxy groups -OCH3 is 1. The molecule has 0 saturated carbocycles. The third-order valence-electron chi connectivity index (χ3n) is 3.69. The number of benzene rings is 2. The highest BCUT2D eigenvalue weighted by Crippen LogP contribution is 2.21. The van der Waals surface area contributed by atoms with Crippen molar-refractivity contribution in [2.45, 2.75) is 13.5 Å². The molecule has 0 saturated heterocycles. The number of aryl methyl sites for hydroxylation is 1. The zero-order chi connectivity index (χ0) is 16.2. The van der Waals surface area contributed by atoms with E-state index in [1.165, 1.54) is 10.2 Å². The first-order valence-corrected chi connectivity index (χ1v) is 7.44. The molecule has 3 rings (SSSR count). The molecular formula is C19H18N2O2. The summed E-state index contributed by atoms with van der Waals surface area (Å²) < 4.78 is 6.73. The summed E-state index contributed by atoms with van der Waals surface area (Å²) in [5.41, 5.74) is 3.79. The van der Waals surface area contributed by atoms with Crippen LogP contribution >= 0.6 is 0 Å². The van der Waals surface area contributed by atoms with Crippen LogP contribution in [0.4, 0.5) is 0 Å². The van der Waals surface area contributed by atoms with E-state index >= 15 is 0 Å². The number of hydrogen-bond donors (Lipinski definition) is 0. The summed E-state index contributed by atoms with van der Waals surface area (Å²) in [5.74, 6) is 0.764. The molecule has 23 heavy (non-hydrogen) atoms. The summed E-state index contributed by atoms with van der Waals surface area (Å²) in [6.45, 7) is 2.49. The van der Waals surface area contributed by atoms with Crippen LogP contribution in [0, 0.1) is 6.92 Å². The van der Waals surface area contributed by atoms with Gasteiger partial charge in [-0.2, -0.15) is 5.10 Å². The molecule has 3 aromatic rings. The second kappa shape index (κ2) is 6.48. The molecule has 1 aromatic heterocycles. The maximum Gasteiger partial charge on any atom is 0.267 e. The topological polar surface area (TPSA) is 44.1 Å². The molecule has 0 bridgehead atoms. The molecule has 1 heterocycles. The molecular weight excluding hydrogens is 288 g/mol. The first kappa shape index (κ1) is 15.0. The Morgan fingerprint density at radius 3 is 2.57 bits per heavy atom. The van der Waals surface area contributed by atoms with Crippen LogP contribution in [-0.2, 0) is 6.54 Å². The zero-order valence-electron chi connectivity index (χ0n) is 13.2. The fourth-order valence-electron chi connectivity index (χ4n) is 2.36. The molecule has 116 valence electrons. The molecule has 0 unspecified atom stereocenters. The molecule has 0 fully saturated rings. The number of rotatable bonds is 4. The number of hydrogen-bond acceptors (Lipinski definition) is 3. The first-order valence-electron chi connectivity index (χ1n) is 7.44. The maximum atomic E-state index is 12.1. The second-order valence-corrected chi connectivity index (χ2v) is 5.43. The van der Waals surface area contributed by atoms with Crippen LogP contribution in [0.3, 0.4) is 0 Å². The molecule has 4 nitrogen and oxygen atoms in total. The largest absolute Gasteiger partial charge is 0.497 e. The fourth-order valence-corrected chi connectivity index (χ4v) is 2.36. The highest BCUT2D eigenvalue weighted by molar-refractivity contribution is 5.60. The minimum Gasteiger partial charge on any atom is -0.497 e. The summed E-state index contributed by atoms with van der Waals surface area (Å²) >= 11 is 0. The van der Waals surface area contributed by atoms with Crippen LogP contribution in [-0.4, -0.2) is 16.9 Å². The van der Waals surface area contributed by atoms with Crippen molar-refractivity contribution in [1.82, 2.24) is 9.78 Å². The lowest BCUT2D eigenvalue weighted by molar-refractivity contribution is 0.415. The zero-order valence-corrected chi connectivity index (χ0v) is 13.2. The highest BCUT2D eigenvalue weighted by Gasteiger charge is 2.05. The molecule has 4 heteroatoms. The lowest BCUT2D eigenvalue weighted by atomic mass is 10.1. The van der Waals surface area contributed by atoms with Gasteiger partial charge < -0.3 is 4.74 Å². The predicted molar refractivity (Wildman–Crippen MR) is 90.8 cm³/mol. The standard InChI is InChI=1S/C19H18N2O2/c1-14-6-8-15(9-7-14)13-21-19(22)11-10-18(20-21)16-4-3-5-17(12-16)23-2/h3-12H,13H2,1-2H3. The van der Waals surface area contributed by atoms with E-state index in [0.717, 1.165) is 22.6 Å². The number of ether oxygens (including phenoxy) is 1. The summed E-state index contributed by atoms with van der Waals surface area (Å²) in [5, 5.41) is 4.48. The van der Waals surface area contributed by atoms with Gasteiger partial charge >= 0.3 is 0 Å². The average Bonchev–Trinajstić information content (AvgIpc) is 2.59. The van der Waals surface area contributed by atoms with Gasteiger partial charge in [-0.3, -0.25) is 4.79 Å². The maximum absolute atomic E-state index is 12.1. The Balaban J connectivity index is 1.95. The molecule has 0 atom stereocenters. The van der Waals surface area contributed by atoms with Crippen LogP contribution in [0.25, 0.3) is 11.3 Å². The third-order valence-corrected chi connectivity index (χ3v) is 3.69. The van der Waals surface area contributed by atoms with E-state index < -0.39 is 0 Å². The fraction of sp³-hybridized carbons (Fsp3) is 0.158. The lowest BCUT2D eigenvalue weighted by Crippen LogP contribution is -2.22. The second-order valence-electron chi connectivity index (χ2n) is 5.43. The van der Waals surface area contributed by atoms with Gasteiger partial charge in [-0.1, -0.05) is 42.0 Å². The van der Waals surface area contributed by atoms with E-state index in [-0.39, 0.29) is 5.56 Å². The predicted octanol–water partition coefficient (Wildman–Crippen LogP) is 3.28. The minimum atomic E-state index is -0.114. The number of aromatic nitrogens is 2. The van der Waals surface area contributed by atoms with Crippen LogP contribution in [0.1, 0.15) is 11.1 Å². The average molecular weight is 306 g/mol. The Hall–Kier alpha value is -2.88. The van der Waals surface area contributed by atoms with E-state index in [1.807, 2.05) is 55.5 Å². The van der Waals surface area contributed by atoms with E-state index in [4.69, 9.17) is 4.74 Å². The minimum absolute atomic E-state index is 0.114. The first-order chi connectivity index (χ1) is 11.2. The Morgan fingerprint density at radius 1 is 1.04 bits per heavy atom. The Labute approximate surface area is 135 Å². The van der Waals surface area contributed by atoms with Gasteiger partial charge in [0.15, 0.2) is 0 Å². The van der Waals surface area contributed by atoms with Crippen LogP contribution in [0.15, 0.2) is 65.5 Å². The molecule has 0 N–H and O–H groups in total. The molecule has 0 aliphatic rings. The molecule has 0 radical (unpaired) electrons. The van der Waals surface area contributed by atoms with Crippen molar-refractivity contribution in [2.24, 2.45) is 0 Å². The molecule has 2 aromatic carbocycles. The Morgan fingerprint density at radius 2 is 1.83 bits per heavy atom. The molecule has 0 aliphatic carbocycles. The Kier molecular flexibility index (Phi) is 4.24. The summed E-state index contributed by atoms with van der Waals surface area (Å²) in [6.07, 6.45) is 0. The van der Waals surface area contributed by atoms with Gasteiger partial charge in [0.2, 0.25) is 0 Å². The van der Waals surface area contributed by atoms with E-state index in [0.29, 0.717) is 6.54 Å². The lowest BCUT2D eigenvalue weighted by Gasteiger charge is -2.08. The summed E-state index contributed by atoms with van der Waals surface area (Å²) in [4.78, 5) is 12.1. The van der Waals surface area contributed by atoms with Crippen molar-refractivity contribution >= 4 is 0 Å². The van der Waals surface area contributed by atoms with Crippen LogP contribution < -0.4 is 10.3 Å². The van der Waals surface area contributed by atoms with Gasteiger partial charge in [-0.05, 0) is 30.7 Å². The summed E-state index contributed by atoms with van der Waals surface area (Å²) in [7, 11) is 1.63. The van der Waals surface area contributed by atoms with Crippen LogP contribution in [0.2, 0.25) is 0 Å². The summed E-state index contributed by atoms with van der Waals surface area (Å²) in [6, 6.07) is 19.0. The molecule has 0 aliphatic heterocycles. The van der Waals surface area contributed by atoms with Gasteiger partial charge in [0, 0.05) is 11.6 Å². The SMILES string of the molecule is COc1cccc(-c2ccc(=O)n(Cc3ccc(C)cc3)n2)c1. The van der Waals surface area contributed by atoms with Gasteiger partial charge in [-0.25, -0.2) is 4.68 Å². The van der Waals surface area contributed by atoms with Crippen molar-refractivity contribution < 1.29 is 4.74 Å². The number of nitrogens with zero attached hydrogens (tertiary/aromatic N) is 2. The quantitative estimate of drug-likeness (QED) is 0.743. The van der Waals surface area contributed by atoms with Crippen molar-refractivity contribution in [1.29, 1.82) is 0 Å². The third kappa shape index (κ3) is 3.48. The van der Waals surface area contributed by atoms with Crippen LogP contribution in [0.5, 0.6) is 5.75 Å². The van der Waals surface area contributed by atoms with Gasteiger partial charge in [0.05, 0.1) is 19.3 Å². The van der Waals surface area contributed by atoms with Gasteiger partial charge in [-0.15, -0.1) is 0 Å². The Bertz CT molecular complexity index is 867. The van der Waals surface area contributed by atoms with Crippen molar-refractivity contribution in [2.75, 3.05) is 7.11 Å². The van der Waals surface area contributed by atoms with Gasteiger partial charge in [0.25, 0.3) is 5.56 Å². The normalized spacial score (nSPS) is 10.5. The smallest absolute Gasteiger partial charge is 0.267 e. The van der Waals surface area contributed by atoms with Crippen molar-refractivity contribution in [3.05, 3.63) is 82.1 Å². The van der Waals surface area contributed by atoms with Gasteiger partial charge in [0.1, 0.15) is 5.75 Å². The van der Waals surface area contributed by atoms with Crippen molar-refractivity contribution in [3.8, 4) is 17.0 Å². The van der Waals surface area contributed by atoms with E-state index in [9.17, 15) is 4.79 Å². The molecule has 0 amide bonds. The monoisotopic (exact) mass is 306 g/mol. The van der Waals surface area contributed by atoms with Crippen molar-refractivity contribution in [3.63, 3.8) is 0 Å².